The fraction of sp³-hybridized carbons (Fsp3) is 0.308. The van der Waals surface area contributed by atoms with Crippen molar-refractivity contribution in [1.82, 2.24) is 19.9 Å². The summed E-state index contributed by atoms with van der Waals surface area (Å²) in [6.07, 6.45) is 8.07. The van der Waals surface area contributed by atoms with Gasteiger partial charge in [0.2, 0.25) is 0 Å². The Labute approximate surface area is 187 Å². The molecule has 0 radical (unpaired) electrons. The second kappa shape index (κ2) is 7.95. The molecule has 1 aromatic carbocycles. The lowest BCUT2D eigenvalue weighted by Crippen LogP contribution is -2.44. The Balaban J connectivity index is 1.36. The smallest absolute Gasteiger partial charge is 0.137 e. The number of hydrogen-bond acceptors (Lipinski definition) is 5. The third-order valence-electron chi connectivity index (χ3n) is 6.66. The van der Waals surface area contributed by atoms with Gasteiger partial charge in [0.15, 0.2) is 0 Å². The van der Waals surface area contributed by atoms with E-state index in [0.29, 0.717) is 0 Å². The van der Waals surface area contributed by atoms with Crippen LogP contribution in [-0.4, -0.2) is 59.7 Å². The lowest BCUT2D eigenvalue weighted by Gasteiger charge is -2.33. The molecule has 6 rings (SSSR count). The van der Waals surface area contributed by atoms with Gasteiger partial charge in [0.05, 0.1) is 6.61 Å². The van der Waals surface area contributed by atoms with Gasteiger partial charge in [-0.3, -0.25) is 0 Å². The number of aromatic nitrogens is 3. The molecule has 4 aromatic rings. The van der Waals surface area contributed by atoms with E-state index in [-0.39, 0.29) is 0 Å². The molecule has 2 aliphatic heterocycles. The Kier molecular flexibility index (Phi) is 4.80. The van der Waals surface area contributed by atoms with Gasteiger partial charge in [-0.1, -0.05) is 6.07 Å². The molecule has 3 aromatic heterocycles. The van der Waals surface area contributed by atoms with E-state index in [2.05, 4.69) is 69.4 Å². The van der Waals surface area contributed by atoms with E-state index in [9.17, 15) is 0 Å². The van der Waals surface area contributed by atoms with Gasteiger partial charge < -0.3 is 19.5 Å². The Morgan fingerprint density at radius 3 is 2.75 bits per heavy atom. The van der Waals surface area contributed by atoms with Gasteiger partial charge in [0.25, 0.3) is 0 Å². The van der Waals surface area contributed by atoms with E-state index in [1.54, 1.807) is 0 Å². The minimum absolute atomic E-state index is 0.814. The molecule has 0 amide bonds. The van der Waals surface area contributed by atoms with E-state index in [1.807, 2.05) is 12.4 Å². The Bertz CT molecular complexity index is 1270. The number of aryl methyl sites for hydroxylation is 1. The summed E-state index contributed by atoms with van der Waals surface area (Å²) in [5, 5.41) is 1.14. The number of H-pyrrole nitrogens is 1. The van der Waals surface area contributed by atoms with Crippen LogP contribution in [0.3, 0.4) is 0 Å². The molecule has 0 atom stereocenters. The van der Waals surface area contributed by atoms with Crippen molar-refractivity contribution >= 4 is 16.9 Å². The van der Waals surface area contributed by atoms with Gasteiger partial charge in [-0.2, -0.15) is 0 Å². The van der Waals surface area contributed by atoms with Crippen molar-refractivity contribution in [3.63, 3.8) is 0 Å². The highest BCUT2D eigenvalue weighted by molar-refractivity contribution is 5.96. The number of likely N-dealkylation sites (N-methyl/N-ethyl adjacent to an activating group) is 1. The van der Waals surface area contributed by atoms with Crippen molar-refractivity contribution in [2.75, 3.05) is 44.7 Å². The maximum Gasteiger partial charge on any atom is 0.137 e. The van der Waals surface area contributed by atoms with Crippen molar-refractivity contribution in [3.8, 4) is 28.0 Å². The van der Waals surface area contributed by atoms with Gasteiger partial charge in [-0.25, -0.2) is 9.97 Å². The third kappa shape index (κ3) is 3.50. The summed E-state index contributed by atoms with van der Waals surface area (Å²) in [7, 11) is 2.17. The van der Waals surface area contributed by atoms with Crippen LogP contribution in [0.2, 0.25) is 0 Å². The normalized spacial score (nSPS) is 16.7. The predicted molar refractivity (Wildman–Crippen MR) is 128 cm³/mol. The number of aromatic amines is 1. The zero-order valence-electron chi connectivity index (χ0n) is 18.3. The topological polar surface area (TPSA) is 57.3 Å². The first-order valence-electron chi connectivity index (χ1n) is 11.4. The average Bonchev–Trinajstić information content (AvgIpc) is 3.27. The minimum Gasteiger partial charge on any atom is -0.493 e. The quantitative estimate of drug-likeness (QED) is 0.528. The lowest BCUT2D eigenvalue weighted by atomic mass is 9.98. The predicted octanol–water partition coefficient (Wildman–Crippen LogP) is 4.37. The number of nitrogens with one attached hydrogen (secondary N) is 1. The Morgan fingerprint density at radius 2 is 1.84 bits per heavy atom. The highest BCUT2D eigenvalue weighted by atomic mass is 16.5. The standard InChI is InChI=1S/C26H27N5O/c1-30-8-10-31(11-9-30)25-15-18(6-7-27-25)21-14-22-23(17-29-26(22)28-16-21)19-4-5-24-20(13-19)3-2-12-32-24/h4-7,13-17H,2-3,8-12H2,1H3,(H,28,29). The zero-order valence-corrected chi connectivity index (χ0v) is 18.3. The van der Waals surface area contributed by atoms with Gasteiger partial charge in [-0.15, -0.1) is 0 Å². The van der Waals surface area contributed by atoms with Crippen molar-refractivity contribution < 1.29 is 4.74 Å². The Morgan fingerprint density at radius 1 is 0.938 bits per heavy atom. The van der Waals surface area contributed by atoms with Gasteiger partial charge >= 0.3 is 0 Å². The number of anilines is 1. The fourth-order valence-electron chi connectivity index (χ4n) is 4.73. The first kappa shape index (κ1) is 19.3. The first-order valence-corrected chi connectivity index (χ1v) is 11.4. The van der Waals surface area contributed by atoms with Crippen LogP contribution in [0.25, 0.3) is 33.3 Å². The SMILES string of the molecule is CN1CCN(c2cc(-c3cnc4[nH]cc(-c5ccc6c(c5)CCCO6)c4c3)ccn2)CC1. The monoisotopic (exact) mass is 425 g/mol. The summed E-state index contributed by atoms with van der Waals surface area (Å²) in [4.78, 5) is 17.4. The number of fused-ring (bicyclic) bond motifs is 2. The molecule has 0 aliphatic carbocycles. The van der Waals surface area contributed by atoms with E-state index in [1.165, 1.54) is 16.7 Å². The van der Waals surface area contributed by atoms with Crippen LogP contribution in [0.4, 0.5) is 5.82 Å². The molecule has 0 spiro atoms. The van der Waals surface area contributed by atoms with Crippen LogP contribution in [0, 0.1) is 0 Å². The molecule has 0 unspecified atom stereocenters. The summed E-state index contributed by atoms with van der Waals surface area (Å²) in [5.74, 6) is 2.06. The van der Waals surface area contributed by atoms with Crippen LogP contribution in [0.1, 0.15) is 12.0 Å². The molecule has 0 saturated carbocycles. The van der Waals surface area contributed by atoms with Crippen LogP contribution in [0.5, 0.6) is 5.75 Å². The zero-order chi connectivity index (χ0) is 21.5. The summed E-state index contributed by atoms with van der Waals surface area (Å²) in [6.45, 7) is 4.97. The average molecular weight is 426 g/mol. The van der Waals surface area contributed by atoms with E-state index in [4.69, 9.17) is 9.72 Å². The van der Waals surface area contributed by atoms with Crippen molar-refractivity contribution in [2.24, 2.45) is 0 Å². The van der Waals surface area contributed by atoms with Crippen molar-refractivity contribution in [2.45, 2.75) is 12.8 Å². The highest BCUT2D eigenvalue weighted by Crippen LogP contribution is 2.35. The van der Waals surface area contributed by atoms with Crippen molar-refractivity contribution in [1.29, 1.82) is 0 Å². The summed E-state index contributed by atoms with van der Waals surface area (Å²) < 4.78 is 5.79. The molecule has 2 aliphatic rings. The third-order valence-corrected chi connectivity index (χ3v) is 6.66. The number of nitrogens with zero attached hydrogens (tertiary/aromatic N) is 4. The second-order valence-electron chi connectivity index (χ2n) is 8.79. The number of ether oxygens (including phenoxy) is 1. The van der Waals surface area contributed by atoms with E-state index >= 15 is 0 Å². The summed E-state index contributed by atoms with van der Waals surface area (Å²) in [5.41, 5.74) is 6.83. The number of pyridine rings is 2. The second-order valence-corrected chi connectivity index (χ2v) is 8.79. The number of rotatable bonds is 3. The first-order chi connectivity index (χ1) is 15.7. The molecule has 162 valence electrons. The van der Waals surface area contributed by atoms with E-state index < -0.39 is 0 Å². The summed E-state index contributed by atoms with van der Waals surface area (Å²) in [6, 6.07) is 13.0. The van der Waals surface area contributed by atoms with Crippen molar-refractivity contribution in [3.05, 3.63) is 60.6 Å². The molecular weight excluding hydrogens is 398 g/mol. The molecule has 1 saturated heterocycles. The molecule has 32 heavy (non-hydrogen) atoms. The van der Waals surface area contributed by atoms with Crippen LogP contribution in [0.15, 0.2) is 55.0 Å². The number of piperazine rings is 1. The molecule has 5 heterocycles. The van der Waals surface area contributed by atoms with Crippen LogP contribution in [-0.2, 0) is 6.42 Å². The molecule has 6 nitrogen and oxygen atoms in total. The maximum atomic E-state index is 5.79. The van der Waals surface area contributed by atoms with Crippen LogP contribution < -0.4 is 9.64 Å². The largest absolute Gasteiger partial charge is 0.493 e. The molecule has 1 N–H and O–H groups in total. The van der Waals surface area contributed by atoms with Gasteiger partial charge in [-0.05, 0) is 66.9 Å². The van der Waals surface area contributed by atoms with Gasteiger partial charge in [0.1, 0.15) is 17.2 Å². The summed E-state index contributed by atoms with van der Waals surface area (Å²) >= 11 is 0. The molecule has 6 heteroatoms. The number of benzene rings is 1. The van der Waals surface area contributed by atoms with E-state index in [0.717, 1.165) is 79.4 Å². The maximum absolute atomic E-state index is 5.79. The highest BCUT2D eigenvalue weighted by Gasteiger charge is 2.17. The fourth-order valence-corrected chi connectivity index (χ4v) is 4.73. The number of hydrogen-bond donors (Lipinski definition) is 1. The Hall–Kier alpha value is -3.38. The van der Waals surface area contributed by atoms with Crippen LogP contribution >= 0.6 is 0 Å². The lowest BCUT2D eigenvalue weighted by molar-refractivity contribution is 0.288. The van der Waals surface area contributed by atoms with Gasteiger partial charge in [0, 0.05) is 61.3 Å². The minimum atomic E-state index is 0.814. The molecule has 0 bridgehead atoms. The molecule has 1 fully saturated rings. The molecular formula is C26H27N5O.